The Morgan fingerprint density at radius 3 is 2.71 bits per heavy atom. The highest BCUT2D eigenvalue weighted by molar-refractivity contribution is 6.62. The molecule has 2 aliphatic heterocycles. The minimum Gasteiger partial charge on any atom is -0.494 e. The number of ether oxygens (including phenoxy) is 2. The molecule has 1 atom stereocenters. The summed E-state index contributed by atoms with van der Waals surface area (Å²) in [6.45, 7) is 4.42. The predicted molar refractivity (Wildman–Crippen MR) is 153 cm³/mol. The fourth-order valence-electron chi connectivity index (χ4n) is 5.91. The largest absolute Gasteiger partial charge is 0.495 e. The Balaban J connectivity index is 1.08. The van der Waals surface area contributed by atoms with Crippen LogP contribution in [0, 0.1) is 5.82 Å². The van der Waals surface area contributed by atoms with Gasteiger partial charge in [-0.2, -0.15) is 0 Å². The van der Waals surface area contributed by atoms with E-state index in [0.29, 0.717) is 48.7 Å². The number of nitrogens with zero attached hydrogens (tertiary/aromatic N) is 3. The summed E-state index contributed by atoms with van der Waals surface area (Å²) in [6.07, 6.45) is 3.92. The minimum atomic E-state index is -1.03. The van der Waals surface area contributed by atoms with E-state index in [1.54, 1.807) is 12.3 Å². The predicted octanol–water partition coefficient (Wildman–Crippen LogP) is 1.57. The molecule has 3 aliphatic rings. The molecule has 0 bridgehead atoms. The number of hydrogen-bond acceptors (Lipinski definition) is 9. The van der Waals surface area contributed by atoms with Gasteiger partial charge in [-0.1, -0.05) is 12.1 Å². The molecule has 0 spiro atoms. The highest BCUT2D eigenvalue weighted by atomic mass is 19.1. The second kappa shape index (κ2) is 11.4. The van der Waals surface area contributed by atoms with Gasteiger partial charge in [-0.25, -0.2) is 9.18 Å². The number of hydrogen-bond donors (Lipinski definition) is 2. The molecule has 1 saturated carbocycles. The molecular formula is C29H34BFN4O6. The summed E-state index contributed by atoms with van der Waals surface area (Å²) < 4.78 is 33.6. The zero-order valence-electron chi connectivity index (χ0n) is 23.1. The smallest absolute Gasteiger partial charge is 0.494 e. The summed E-state index contributed by atoms with van der Waals surface area (Å²) in [5.74, 6) is -0.568. The van der Waals surface area contributed by atoms with Crippen LogP contribution < -0.4 is 26.3 Å². The summed E-state index contributed by atoms with van der Waals surface area (Å²) in [5, 5.41) is 10.5. The second-order valence-electron chi connectivity index (χ2n) is 10.8. The maximum Gasteiger partial charge on any atom is 0.495 e. The number of carbonyl (C=O) groups excluding carboxylic acids is 1. The van der Waals surface area contributed by atoms with E-state index in [-0.39, 0.29) is 23.1 Å². The van der Waals surface area contributed by atoms with Crippen LogP contribution >= 0.6 is 0 Å². The lowest BCUT2D eigenvalue weighted by molar-refractivity contribution is 0.0598. The van der Waals surface area contributed by atoms with Crippen LogP contribution in [0.3, 0.4) is 0 Å². The molecule has 2 fully saturated rings. The fourth-order valence-corrected chi connectivity index (χ4v) is 5.91. The third-order valence-electron chi connectivity index (χ3n) is 8.24. The van der Waals surface area contributed by atoms with Gasteiger partial charge in [-0.05, 0) is 43.0 Å². The first-order valence-corrected chi connectivity index (χ1v) is 14.1. The van der Waals surface area contributed by atoms with Crippen LogP contribution in [0.5, 0.6) is 5.75 Å². The van der Waals surface area contributed by atoms with Crippen molar-refractivity contribution in [1.82, 2.24) is 9.47 Å². The normalized spacial score (nSPS) is 19.1. The Bertz CT molecular complexity index is 1520. The summed E-state index contributed by atoms with van der Waals surface area (Å²) in [5.41, 5.74) is 7.80. The van der Waals surface area contributed by atoms with E-state index in [4.69, 9.17) is 19.9 Å². The van der Waals surface area contributed by atoms with Gasteiger partial charge in [0.15, 0.2) is 0 Å². The van der Waals surface area contributed by atoms with Crippen molar-refractivity contribution in [2.75, 3.05) is 57.9 Å². The molecule has 2 aromatic carbocycles. The molecule has 12 heteroatoms. The number of halogens is 1. The molecule has 41 heavy (non-hydrogen) atoms. The quantitative estimate of drug-likeness (QED) is 0.227. The van der Waals surface area contributed by atoms with Crippen molar-refractivity contribution in [3.05, 3.63) is 63.7 Å². The van der Waals surface area contributed by atoms with E-state index in [2.05, 4.69) is 4.90 Å². The molecule has 0 radical (unpaired) electrons. The van der Waals surface area contributed by atoms with Crippen LogP contribution in [-0.4, -0.2) is 80.6 Å². The number of aromatic nitrogens is 1. The summed E-state index contributed by atoms with van der Waals surface area (Å²) in [7, 11) is 0.198. The molecular weight excluding hydrogens is 530 g/mol. The maximum atomic E-state index is 15.4. The lowest BCUT2D eigenvalue weighted by atomic mass is 9.78. The van der Waals surface area contributed by atoms with E-state index in [1.807, 2.05) is 27.7 Å². The molecule has 216 valence electrons. The Kier molecular flexibility index (Phi) is 7.73. The molecule has 0 amide bonds. The first-order chi connectivity index (χ1) is 19.9. The van der Waals surface area contributed by atoms with E-state index in [9.17, 15) is 14.6 Å². The highest BCUT2D eigenvalue weighted by Crippen LogP contribution is 2.38. The molecule has 1 aromatic heterocycles. The summed E-state index contributed by atoms with van der Waals surface area (Å²) >= 11 is 0. The van der Waals surface area contributed by atoms with Crippen molar-refractivity contribution in [1.29, 1.82) is 0 Å². The zero-order valence-corrected chi connectivity index (χ0v) is 23.1. The first kappa shape index (κ1) is 27.7. The Morgan fingerprint density at radius 2 is 2.00 bits per heavy atom. The average Bonchev–Trinajstić information content (AvgIpc) is 3.78. The molecule has 10 nitrogen and oxygen atoms in total. The van der Waals surface area contributed by atoms with Crippen molar-refractivity contribution >= 4 is 35.1 Å². The van der Waals surface area contributed by atoms with E-state index in [1.165, 1.54) is 13.2 Å². The summed E-state index contributed by atoms with van der Waals surface area (Å²) in [6, 6.07) is 8.82. The maximum absolute atomic E-state index is 15.4. The van der Waals surface area contributed by atoms with E-state index in [0.717, 1.165) is 44.5 Å². The van der Waals surface area contributed by atoms with Crippen molar-refractivity contribution in [3.63, 3.8) is 0 Å². The fraction of sp³-hybridized carbons (Fsp3) is 0.448. The zero-order chi connectivity index (χ0) is 28.7. The van der Waals surface area contributed by atoms with Gasteiger partial charge in [0.1, 0.15) is 17.1 Å². The topological polar surface area (TPSA) is 119 Å². The number of pyridine rings is 1. The summed E-state index contributed by atoms with van der Waals surface area (Å²) in [4.78, 5) is 29.5. The number of rotatable bonds is 9. The Labute approximate surface area is 237 Å². The average molecular weight is 564 g/mol. The van der Waals surface area contributed by atoms with Gasteiger partial charge in [-0.3, -0.25) is 9.69 Å². The van der Waals surface area contributed by atoms with Gasteiger partial charge >= 0.3 is 13.1 Å². The lowest BCUT2D eigenvalue weighted by Crippen LogP contribution is -2.47. The molecule has 6 rings (SSSR count). The van der Waals surface area contributed by atoms with Crippen molar-refractivity contribution in [3.8, 4) is 5.75 Å². The van der Waals surface area contributed by atoms with Crippen molar-refractivity contribution in [2.24, 2.45) is 5.73 Å². The molecule has 1 aliphatic carbocycles. The first-order valence-electron chi connectivity index (χ1n) is 14.1. The van der Waals surface area contributed by atoms with Crippen LogP contribution in [0.1, 0.15) is 47.3 Å². The molecule has 1 saturated heterocycles. The number of carbonyl (C=O) groups is 1. The van der Waals surface area contributed by atoms with Gasteiger partial charge in [0, 0.05) is 62.4 Å². The monoisotopic (exact) mass is 564 g/mol. The second-order valence-corrected chi connectivity index (χ2v) is 10.8. The van der Waals surface area contributed by atoms with Crippen molar-refractivity contribution < 1.29 is 28.3 Å². The molecule has 3 N–H and O–H groups in total. The number of methoxy groups -OCH3 is 1. The number of anilines is 1. The number of esters is 1. The molecule has 3 aromatic rings. The number of nitrogens with two attached hydrogens (primary N) is 1. The van der Waals surface area contributed by atoms with Crippen LogP contribution in [-0.2, 0) is 9.39 Å². The van der Waals surface area contributed by atoms with E-state index >= 15 is 4.39 Å². The van der Waals surface area contributed by atoms with Gasteiger partial charge in [-0.15, -0.1) is 0 Å². The van der Waals surface area contributed by atoms with Crippen LogP contribution in [0.15, 0.2) is 41.3 Å². The molecule has 1 unspecified atom stereocenters. The minimum absolute atomic E-state index is 0.0717. The third-order valence-corrected chi connectivity index (χ3v) is 8.24. The van der Waals surface area contributed by atoms with Crippen LogP contribution in [0.25, 0.3) is 10.9 Å². The standard InChI is InChI=1S/C29H34BFN4O6/c1-39-29(37)21-17-35(18-6-7-18)23-15-24(22(31)14-20(23)28(21)36)34-11-9-33(10-12-34)8-3-13-40-25-5-2-4-19-26(16-32)41-30(38)27(19)25/h2,4-5,14-15,17-18,26,38H,3,6-13,16,32H2,1H3. The van der Waals surface area contributed by atoms with Gasteiger partial charge in [0.05, 0.1) is 31.0 Å². The SMILES string of the molecule is COC(=O)c1cn(C2CC2)c2cc(N3CCN(CCCOc4cccc5c4B(O)OC5CN)CC3)c(F)cc2c1=O. The highest BCUT2D eigenvalue weighted by Gasteiger charge is 2.37. The van der Waals surface area contributed by atoms with Crippen LogP contribution in [0.4, 0.5) is 10.1 Å². The number of piperazine rings is 1. The third kappa shape index (κ3) is 5.32. The Morgan fingerprint density at radius 1 is 1.22 bits per heavy atom. The number of benzene rings is 2. The van der Waals surface area contributed by atoms with E-state index < -0.39 is 24.3 Å². The lowest BCUT2D eigenvalue weighted by Gasteiger charge is -2.36. The van der Waals surface area contributed by atoms with Gasteiger partial charge in [0.2, 0.25) is 5.43 Å². The number of fused-ring (bicyclic) bond motifs is 2. The van der Waals surface area contributed by atoms with Crippen LogP contribution in [0.2, 0.25) is 0 Å². The van der Waals surface area contributed by atoms with Gasteiger partial charge < -0.3 is 34.4 Å². The Hall–Kier alpha value is -3.45. The van der Waals surface area contributed by atoms with Crippen molar-refractivity contribution in [2.45, 2.75) is 31.4 Å². The molecule has 3 heterocycles. The van der Waals surface area contributed by atoms with Gasteiger partial charge in [0.25, 0.3) is 0 Å².